The molecule has 0 aliphatic carbocycles. The van der Waals surface area contributed by atoms with Gasteiger partial charge in [0.2, 0.25) is 0 Å². The Morgan fingerprint density at radius 2 is 1.62 bits per heavy atom. The molecular weight excluding hydrogens is 164 g/mol. The normalized spacial score (nSPS) is 19.6. The van der Waals surface area contributed by atoms with E-state index >= 15 is 0 Å². The van der Waals surface area contributed by atoms with Crippen LogP contribution in [0, 0.1) is 11.3 Å². The number of ether oxygens (including phenoxy) is 1. The van der Waals surface area contributed by atoms with Gasteiger partial charge < -0.3 is 9.84 Å². The smallest absolute Gasteiger partial charge is 0.0745 e. The molecule has 0 aliphatic heterocycles. The zero-order chi connectivity index (χ0) is 10.6. The highest BCUT2D eigenvalue weighted by Gasteiger charge is 2.25. The maximum atomic E-state index is 9.06. The van der Waals surface area contributed by atoms with E-state index in [0.717, 1.165) is 0 Å². The van der Waals surface area contributed by atoms with Gasteiger partial charge in [-0.05, 0) is 25.2 Å². The number of aliphatic hydroxyl groups excluding tert-OH is 1. The summed E-state index contributed by atoms with van der Waals surface area (Å²) in [6, 6.07) is 0. The Balaban J connectivity index is 3.90. The monoisotopic (exact) mass is 188 g/mol. The number of rotatable bonds is 4. The Morgan fingerprint density at radius 3 is 1.92 bits per heavy atom. The fourth-order valence-electron chi connectivity index (χ4n) is 1.14. The lowest BCUT2D eigenvalue weighted by atomic mass is 9.79. The van der Waals surface area contributed by atoms with Crippen molar-refractivity contribution in [2.75, 3.05) is 6.61 Å². The molecule has 0 saturated heterocycles. The number of hydrogen-bond acceptors (Lipinski definition) is 2. The van der Waals surface area contributed by atoms with Gasteiger partial charge in [0.15, 0.2) is 0 Å². The molecule has 0 heterocycles. The first-order chi connectivity index (χ1) is 5.75. The molecule has 0 radical (unpaired) electrons. The second-order valence-corrected chi connectivity index (χ2v) is 5.04. The summed E-state index contributed by atoms with van der Waals surface area (Å²) in [5.74, 6) is 0.492. The Hall–Kier alpha value is -0.0800. The molecule has 2 nitrogen and oxygen atoms in total. The fraction of sp³-hybridized carbons (Fsp3) is 1.00. The van der Waals surface area contributed by atoms with Crippen LogP contribution >= 0.6 is 0 Å². The third kappa shape index (κ3) is 5.27. The first-order valence-corrected chi connectivity index (χ1v) is 5.04. The lowest BCUT2D eigenvalue weighted by molar-refractivity contribution is -0.0398. The topological polar surface area (TPSA) is 29.5 Å². The Labute approximate surface area is 82.3 Å². The van der Waals surface area contributed by atoms with Gasteiger partial charge in [0, 0.05) is 0 Å². The third-order valence-electron chi connectivity index (χ3n) is 2.67. The molecule has 0 bridgehead atoms. The highest BCUT2D eigenvalue weighted by Crippen LogP contribution is 2.29. The van der Waals surface area contributed by atoms with Gasteiger partial charge in [0.25, 0.3) is 0 Å². The molecule has 80 valence electrons. The van der Waals surface area contributed by atoms with Crippen LogP contribution in [-0.2, 0) is 4.74 Å². The quantitative estimate of drug-likeness (QED) is 0.734. The van der Waals surface area contributed by atoms with Crippen molar-refractivity contribution in [3.05, 3.63) is 0 Å². The zero-order valence-corrected chi connectivity index (χ0v) is 9.79. The Kier molecular flexibility index (Phi) is 4.93. The van der Waals surface area contributed by atoms with Crippen LogP contribution in [0.5, 0.6) is 0 Å². The van der Waals surface area contributed by atoms with Gasteiger partial charge in [-0.25, -0.2) is 0 Å². The lowest BCUT2D eigenvalue weighted by Gasteiger charge is -2.32. The zero-order valence-electron chi connectivity index (χ0n) is 9.79. The lowest BCUT2D eigenvalue weighted by Crippen LogP contribution is -2.31. The maximum absolute atomic E-state index is 9.06. The van der Waals surface area contributed by atoms with Crippen molar-refractivity contribution in [1.29, 1.82) is 0 Å². The molecule has 0 rings (SSSR count). The van der Waals surface area contributed by atoms with Crippen LogP contribution in [0.3, 0.4) is 0 Å². The van der Waals surface area contributed by atoms with Crippen molar-refractivity contribution in [3.63, 3.8) is 0 Å². The van der Waals surface area contributed by atoms with Crippen molar-refractivity contribution in [3.8, 4) is 0 Å². The molecule has 0 unspecified atom stereocenters. The summed E-state index contributed by atoms with van der Waals surface area (Å²) in [5.41, 5.74) is 0.262. The average molecular weight is 188 g/mol. The van der Waals surface area contributed by atoms with E-state index in [1.807, 2.05) is 0 Å². The molecule has 0 spiro atoms. The van der Waals surface area contributed by atoms with Gasteiger partial charge in [-0.3, -0.25) is 0 Å². The first kappa shape index (κ1) is 12.9. The van der Waals surface area contributed by atoms with Gasteiger partial charge in [-0.2, -0.15) is 0 Å². The van der Waals surface area contributed by atoms with E-state index in [0.29, 0.717) is 12.5 Å². The van der Waals surface area contributed by atoms with E-state index in [1.54, 1.807) is 6.92 Å². The highest BCUT2D eigenvalue weighted by atomic mass is 16.5. The van der Waals surface area contributed by atoms with Gasteiger partial charge in [-0.15, -0.1) is 0 Å². The Morgan fingerprint density at radius 1 is 1.15 bits per heavy atom. The molecule has 0 fully saturated rings. The van der Waals surface area contributed by atoms with E-state index in [-0.39, 0.29) is 17.6 Å². The summed E-state index contributed by atoms with van der Waals surface area (Å²) in [6.07, 6.45) is -0.163. The van der Waals surface area contributed by atoms with Crippen LogP contribution in [0.25, 0.3) is 0 Å². The van der Waals surface area contributed by atoms with Crippen LogP contribution in [0.15, 0.2) is 0 Å². The van der Waals surface area contributed by atoms with Crippen molar-refractivity contribution >= 4 is 0 Å². The third-order valence-corrected chi connectivity index (χ3v) is 2.67. The maximum Gasteiger partial charge on any atom is 0.0745 e. The van der Waals surface area contributed by atoms with Gasteiger partial charge in [0.05, 0.1) is 18.8 Å². The van der Waals surface area contributed by atoms with Crippen molar-refractivity contribution in [2.24, 2.45) is 11.3 Å². The molecule has 0 amide bonds. The molecular formula is C11H24O2. The number of hydrogen-bond donors (Lipinski definition) is 1. The summed E-state index contributed by atoms with van der Waals surface area (Å²) in [5, 5.41) is 9.06. The van der Waals surface area contributed by atoms with E-state index < -0.39 is 0 Å². The van der Waals surface area contributed by atoms with E-state index in [9.17, 15) is 0 Å². The predicted molar refractivity (Wildman–Crippen MR) is 55.7 cm³/mol. The van der Waals surface area contributed by atoms with Crippen molar-refractivity contribution in [1.82, 2.24) is 0 Å². The minimum atomic E-state index is -0.366. The van der Waals surface area contributed by atoms with E-state index in [2.05, 4.69) is 34.6 Å². The van der Waals surface area contributed by atoms with E-state index in [1.165, 1.54) is 0 Å². The molecule has 13 heavy (non-hydrogen) atoms. The molecule has 1 N–H and O–H groups in total. The van der Waals surface area contributed by atoms with Crippen molar-refractivity contribution in [2.45, 2.75) is 53.8 Å². The summed E-state index contributed by atoms with van der Waals surface area (Å²) < 4.78 is 5.54. The summed E-state index contributed by atoms with van der Waals surface area (Å²) in [4.78, 5) is 0. The van der Waals surface area contributed by atoms with Crippen LogP contribution in [0.1, 0.15) is 41.5 Å². The molecule has 0 aliphatic rings. The summed E-state index contributed by atoms with van der Waals surface area (Å²) in [7, 11) is 0. The number of aliphatic hydroxyl groups is 1. The molecule has 0 saturated carbocycles. The van der Waals surface area contributed by atoms with Crippen LogP contribution < -0.4 is 0 Å². The molecule has 3 atom stereocenters. The average Bonchev–Trinajstić information content (AvgIpc) is 1.96. The Bertz CT molecular complexity index is 136. The first-order valence-electron chi connectivity index (χ1n) is 5.04. The van der Waals surface area contributed by atoms with Crippen LogP contribution in [-0.4, -0.2) is 23.9 Å². The van der Waals surface area contributed by atoms with E-state index in [4.69, 9.17) is 9.84 Å². The molecule has 0 aromatic heterocycles. The van der Waals surface area contributed by atoms with Gasteiger partial charge in [-0.1, -0.05) is 27.7 Å². The minimum absolute atomic E-state index is 0.203. The standard InChI is InChI=1S/C11H24O2/c1-8(12)7-13-10(3)9(2)11(4,5)6/h8-10,12H,7H2,1-6H3/t8-,9-,10+/m1/s1. The predicted octanol–water partition coefficient (Wildman–Crippen LogP) is 2.45. The second kappa shape index (κ2) is 4.97. The molecule has 2 heteroatoms. The minimum Gasteiger partial charge on any atom is -0.391 e. The fourth-order valence-corrected chi connectivity index (χ4v) is 1.14. The van der Waals surface area contributed by atoms with Crippen molar-refractivity contribution < 1.29 is 9.84 Å². The summed E-state index contributed by atoms with van der Waals surface area (Å²) >= 11 is 0. The van der Waals surface area contributed by atoms with Gasteiger partial charge >= 0.3 is 0 Å². The van der Waals surface area contributed by atoms with Gasteiger partial charge in [0.1, 0.15) is 0 Å². The second-order valence-electron chi connectivity index (χ2n) is 5.04. The van der Waals surface area contributed by atoms with Crippen LogP contribution in [0.4, 0.5) is 0 Å². The summed E-state index contributed by atoms with van der Waals surface area (Å²) in [6.45, 7) is 13.1. The highest BCUT2D eigenvalue weighted by molar-refractivity contribution is 4.75. The molecule has 0 aromatic carbocycles. The van der Waals surface area contributed by atoms with Crippen LogP contribution in [0.2, 0.25) is 0 Å². The molecule has 0 aromatic rings. The SMILES string of the molecule is C[C@H](OC[C@@H](C)O)[C@@H](C)C(C)(C)C. The largest absolute Gasteiger partial charge is 0.391 e.